The van der Waals surface area contributed by atoms with E-state index in [1.165, 1.54) is 19.3 Å². The minimum atomic E-state index is -0.695. The van der Waals surface area contributed by atoms with E-state index < -0.39 is 5.97 Å². The maximum atomic E-state index is 12.8. The molecule has 4 nitrogen and oxygen atoms in total. The molecule has 0 aromatic heterocycles. The average molecular weight is 379 g/mol. The molecule has 27 heavy (non-hydrogen) atoms. The number of carbonyl (C=O) groups excluding carboxylic acids is 1. The van der Waals surface area contributed by atoms with E-state index >= 15 is 0 Å². The minimum Gasteiger partial charge on any atom is -0.481 e. The standard InChI is InChI=1S/C23H38O4/c1-22(2)11-12-23(3,4)19-13-16(7-10-18(19)22)20(24)14-27-17-8-5-15(6-9-17)21(25)26/h15-19H,5-14H2,1-4H3,(H,25,26). The molecular weight excluding hydrogens is 340 g/mol. The van der Waals surface area contributed by atoms with E-state index in [4.69, 9.17) is 9.84 Å². The van der Waals surface area contributed by atoms with Gasteiger partial charge in [0.2, 0.25) is 0 Å². The first-order valence-corrected chi connectivity index (χ1v) is 11.0. The number of carboxylic acids is 1. The lowest BCUT2D eigenvalue weighted by atomic mass is 9.49. The second-order valence-electron chi connectivity index (χ2n) is 10.8. The third-order valence-electron chi connectivity index (χ3n) is 8.21. The van der Waals surface area contributed by atoms with Gasteiger partial charge < -0.3 is 9.84 Å². The summed E-state index contributed by atoms with van der Waals surface area (Å²) in [7, 11) is 0. The van der Waals surface area contributed by atoms with Crippen molar-refractivity contribution in [2.75, 3.05) is 6.61 Å². The fourth-order valence-electron chi connectivity index (χ4n) is 6.07. The second-order valence-corrected chi connectivity index (χ2v) is 10.8. The van der Waals surface area contributed by atoms with Crippen LogP contribution < -0.4 is 0 Å². The van der Waals surface area contributed by atoms with Crippen molar-refractivity contribution >= 4 is 11.8 Å². The van der Waals surface area contributed by atoms with Crippen LogP contribution in [0.5, 0.6) is 0 Å². The van der Waals surface area contributed by atoms with Gasteiger partial charge in [0.25, 0.3) is 0 Å². The Morgan fingerprint density at radius 2 is 1.41 bits per heavy atom. The van der Waals surface area contributed by atoms with Crippen LogP contribution in [0.4, 0.5) is 0 Å². The fourth-order valence-corrected chi connectivity index (χ4v) is 6.07. The molecule has 0 bridgehead atoms. The molecule has 3 aliphatic rings. The van der Waals surface area contributed by atoms with Gasteiger partial charge in [-0.25, -0.2) is 0 Å². The van der Waals surface area contributed by atoms with Crippen LogP contribution in [0.3, 0.4) is 0 Å². The maximum Gasteiger partial charge on any atom is 0.306 e. The van der Waals surface area contributed by atoms with Crippen LogP contribution in [0.25, 0.3) is 0 Å². The molecule has 3 fully saturated rings. The van der Waals surface area contributed by atoms with Crippen LogP contribution in [0.15, 0.2) is 0 Å². The molecule has 3 aliphatic carbocycles. The first-order valence-electron chi connectivity index (χ1n) is 11.0. The summed E-state index contributed by atoms with van der Waals surface area (Å²) in [5.74, 6) is 0.863. The van der Waals surface area contributed by atoms with Crippen LogP contribution in [-0.4, -0.2) is 29.6 Å². The van der Waals surface area contributed by atoms with Gasteiger partial charge in [-0.2, -0.15) is 0 Å². The third-order valence-corrected chi connectivity index (χ3v) is 8.21. The molecule has 4 heteroatoms. The number of Topliss-reactive ketones (excluding diaryl/α,β-unsaturated/α-hetero) is 1. The molecule has 0 aromatic carbocycles. The molecule has 3 atom stereocenters. The van der Waals surface area contributed by atoms with Gasteiger partial charge in [-0.3, -0.25) is 9.59 Å². The zero-order chi connectivity index (χ0) is 19.8. The van der Waals surface area contributed by atoms with Crippen molar-refractivity contribution in [2.24, 2.45) is 34.5 Å². The van der Waals surface area contributed by atoms with Gasteiger partial charge >= 0.3 is 5.97 Å². The summed E-state index contributed by atoms with van der Waals surface area (Å²) in [6.07, 6.45) is 8.68. The Morgan fingerprint density at radius 3 is 2.00 bits per heavy atom. The summed E-state index contributed by atoms with van der Waals surface area (Å²) in [6.45, 7) is 9.83. The molecule has 0 radical (unpaired) electrons. The molecule has 0 heterocycles. The molecule has 1 N–H and O–H groups in total. The van der Waals surface area contributed by atoms with E-state index in [1.54, 1.807) is 0 Å². The van der Waals surface area contributed by atoms with Crippen LogP contribution in [-0.2, 0) is 14.3 Å². The molecule has 3 saturated carbocycles. The van der Waals surface area contributed by atoms with Crippen molar-refractivity contribution in [3.63, 3.8) is 0 Å². The smallest absolute Gasteiger partial charge is 0.306 e. The average Bonchev–Trinajstić information content (AvgIpc) is 2.63. The first kappa shape index (κ1) is 20.8. The lowest BCUT2D eigenvalue weighted by molar-refractivity contribution is -0.145. The van der Waals surface area contributed by atoms with E-state index in [-0.39, 0.29) is 30.3 Å². The van der Waals surface area contributed by atoms with Crippen LogP contribution in [0.1, 0.15) is 85.5 Å². The third kappa shape index (κ3) is 4.58. The summed E-state index contributed by atoms with van der Waals surface area (Å²) in [4.78, 5) is 23.9. The molecule has 0 aromatic rings. The highest BCUT2D eigenvalue weighted by Gasteiger charge is 2.50. The highest BCUT2D eigenvalue weighted by Crippen LogP contribution is 2.58. The number of carbonyl (C=O) groups is 2. The predicted octanol–water partition coefficient (Wildman–Crippen LogP) is 5.09. The van der Waals surface area contributed by atoms with Gasteiger partial charge in [0.1, 0.15) is 6.61 Å². The van der Waals surface area contributed by atoms with Crippen molar-refractivity contribution < 1.29 is 19.4 Å². The lowest BCUT2D eigenvalue weighted by Gasteiger charge is -2.55. The quantitative estimate of drug-likeness (QED) is 0.723. The Labute approximate surface area is 164 Å². The topological polar surface area (TPSA) is 63.6 Å². The number of hydrogen-bond donors (Lipinski definition) is 1. The van der Waals surface area contributed by atoms with Gasteiger partial charge in [-0.05, 0) is 80.5 Å². The van der Waals surface area contributed by atoms with Crippen LogP contribution in [0.2, 0.25) is 0 Å². The van der Waals surface area contributed by atoms with Crippen LogP contribution >= 0.6 is 0 Å². The zero-order valence-corrected chi connectivity index (χ0v) is 17.6. The Hall–Kier alpha value is -0.900. The van der Waals surface area contributed by atoms with Crippen molar-refractivity contribution in [1.82, 2.24) is 0 Å². The second kappa shape index (κ2) is 7.85. The summed E-state index contributed by atoms with van der Waals surface area (Å²) in [5.41, 5.74) is 0.725. The monoisotopic (exact) mass is 378 g/mol. The maximum absolute atomic E-state index is 12.8. The van der Waals surface area contributed by atoms with Crippen molar-refractivity contribution in [2.45, 2.75) is 91.6 Å². The molecule has 154 valence electrons. The lowest BCUT2D eigenvalue weighted by Crippen LogP contribution is -2.48. The Bertz CT molecular complexity index is 557. The van der Waals surface area contributed by atoms with Gasteiger partial charge in [-0.1, -0.05) is 27.7 Å². The Kier molecular flexibility index (Phi) is 6.05. The number of hydrogen-bond acceptors (Lipinski definition) is 3. The molecule has 3 rings (SSSR count). The summed E-state index contributed by atoms with van der Waals surface area (Å²) < 4.78 is 5.91. The Morgan fingerprint density at radius 1 is 0.852 bits per heavy atom. The number of fused-ring (bicyclic) bond motifs is 1. The van der Waals surface area contributed by atoms with Gasteiger partial charge in [0, 0.05) is 5.92 Å². The fraction of sp³-hybridized carbons (Fsp3) is 0.913. The summed E-state index contributed by atoms with van der Waals surface area (Å²) in [5, 5.41) is 9.09. The van der Waals surface area contributed by atoms with Crippen molar-refractivity contribution in [1.29, 1.82) is 0 Å². The van der Waals surface area contributed by atoms with E-state index in [2.05, 4.69) is 27.7 Å². The number of aliphatic carboxylic acids is 1. The van der Waals surface area contributed by atoms with Gasteiger partial charge in [0.15, 0.2) is 5.78 Å². The first-order chi connectivity index (χ1) is 12.6. The predicted molar refractivity (Wildman–Crippen MR) is 105 cm³/mol. The van der Waals surface area contributed by atoms with E-state index in [0.717, 1.165) is 31.6 Å². The number of ketones is 1. The van der Waals surface area contributed by atoms with Crippen molar-refractivity contribution in [3.8, 4) is 0 Å². The molecule has 3 unspecified atom stereocenters. The van der Waals surface area contributed by atoms with E-state index in [9.17, 15) is 9.59 Å². The normalized spacial score (nSPS) is 38.0. The summed E-state index contributed by atoms with van der Waals surface area (Å²) >= 11 is 0. The molecule has 0 spiro atoms. The SMILES string of the molecule is CC1(C)CCC(C)(C)C2CC(C(=O)COC3CCC(C(=O)O)CC3)CCC21. The van der Waals surface area contributed by atoms with Gasteiger partial charge in [0.05, 0.1) is 12.0 Å². The van der Waals surface area contributed by atoms with E-state index in [0.29, 0.717) is 29.6 Å². The highest BCUT2D eigenvalue weighted by molar-refractivity contribution is 5.82. The number of ether oxygens (including phenoxy) is 1. The molecule has 0 amide bonds. The molecule has 0 saturated heterocycles. The van der Waals surface area contributed by atoms with Crippen LogP contribution in [0, 0.1) is 34.5 Å². The molecule has 0 aliphatic heterocycles. The molecular formula is C23H38O4. The minimum absolute atomic E-state index is 0.0611. The van der Waals surface area contributed by atoms with Gasteiger partial charge in [-0.15, -0.1) is 0 Å². The zero-order valence-electron chi connectivity index (χ0n) is 17.6. The summed E-state index contributed by atoms with van der Waals surface area (Å²) in [6, 6.07) is 0. The van der Waals surface area contributed by atoms with Crippen molar-refractivity contribution in [3.05, 3.63) is 0 Å². The largest absolute Gasteiger partial charge is 0.481 e. The van der Waals surface area contributed by atoms with E-state index in [1.807, 2.05) is 0 Å². The highest BCUT2D eigenvalue weighted by atomic mass is 16.5. The number of rotatable bonds is 5. The Balaban J connectivity index is 1.51. The number of carboxylic acid groups (broad SMARTS) is 1.